The number of hydrogen-bond donors (Lipinski definition) is 1. The van der Waals surface area contributed by atoms with Crippen molar-refractivity contribution in [2.24, 2.45) is 0 Å². The maximum absolute atomic E-state index is 6.14. The summed E-state index contributed by atoms with van der Waals surface area (Å²) < 4.78 is 12.1. The van der Waals surface area contributed by atoms with Crippen LogP contribution in [-0.4, -0.2) is 25.6 Å². The zero-order valence-electron chi connectivity index (χ0n) is 18.9. The van der Waals surface area contributed by atoms with E-state index >= 15 is 0 Å². The van der Waals surface area contributed by atoms with Crippen LogP contribution in [0.25, 0.3) is 10.9 Å². The van der Waals surface area contributed by atoms with Gasteiger partial charge in [0, 0.05) is 17.9 Å². The van der Waals surface area contributed by atoms with Crippen molar-refractivity contribution in [3.8, 4) is 17.2 Å². The second-order valence-electron chi connectivity index (χ2n) is 8.22. The van der Waals surface area contributed by atoms with Crippen molar-refractivity contribution in [3.05, 3.63) is 102 Å². The van der Waals surface area contributed by atoms with Gasteiger partial charge in [-0.1, -0.05) is 49.4 Å². The molecule has 0 spiro atoms. The molecule has 1 atom stereocenters. The molecular formula is C27H25N5O2. The minimum Gasteiger partial charge on any atom is -0.487 e. The van der Waals surface area contributed by atoms with Gasteiger partial charge in [-0.05, 0) is 64.7 Å². The van der Waals surface area contributed by atoms with E-state index in [0.29, 0.717) is 12.5 Å². The summed E-state index contributed by atoms with van der Waals surface area (Å²) in [5, 5.41) is 15.1. The van der Waals surface area contributed by atoms with E-state index in [1.54, 1.807) is 0 Å². The molecule has 0 saturated carbocycles. The fraction of sp³-hybridized carbons (Fsp3) is 0.185. The van der Waals surface area contributed by atoms with E-state index in [-0.39, 0.29) is 0 Å². The second-order valence-corrected chi connectivity index (χ2v) is 8.22. The number of aromatic amines is 1. The summed E-state index contributed by atoms with van der Waals surface area (Å²) in [7, 11) is 0. The average Bonchev–Trinajstić information content (AvgIpc) is 3.40. The van der Waals surface area contributed by atoms with Gasteiger partial charge >= 0.3 is 0 Å². The van der Waals surface area contributed by atoms with Crippen molar-refractivity contribution in [2.45, 2.75) is 32.3 Å². The SMILES string of the molecule is CC(CCc1nnn[nH]1)c1cccc(Oc2cccc(OCc3ccc4ccccc4n3)c2)c1. The number of benzene rings is 3. The highest BCUT2D eigenvalue weighted by Crippen LogP contribution is 2.29. The highest BCUT2D eigenvalue weighted by atomic mass is 16.5. The van der Waals surface area contributed by atoms with Gasteiger partial charge in [0.05, 0.1) is 11.2 Å². The summed E-state index contributed by atoms with van der Waals surface area (Å²) in [6, 6.07) is 28.0. The molecule has 3 aromatic carbocycles. The first-order valence-electron chi connectivity index (χ1n) is 11.3. The maximum Gasteiger partial charge on any atom is 0.148 e. The number of rotatable bonds is 9. The number of hydrogen-bond acceptors (Lipinski definition) is 6. The molecule has 5 aromatic rings. The number of tetrazole rings is 1. The third kappa shape index (κ3) is 5.38. The van der Waals surface area contributed by atoms with Crippen LogP contribution < -0.4 is 9.47 Å². The lowest BCUT2D eigenvalue weighted by Crippen LogP contribution is -1.99. The van der Waals surface area contributed by atoms with Crippen LogP contribution in [0.3, 0.4) is 0 Å². The molecule has 0 aliphatic rings. The van der Waals surface area contributed by atoms with Gasteiger partial charge in [0.25, 0.3) is 0 Å². The Bertz CT molecular complexity index is 1370. The zero-order chi connectivity index (χ0) is 23.2. The van der Waals surface area contributed by atoms with Crippen molar-refractivity contribution < 1.29 is 9.47 Å². The van der Waals surface area contributed by atoms with Crippen LogP contribution in [-0.2, 0) is 13.0 Å². The molecule has 0 amide bonds. The maximum atomic E-state index is 6.14. The van der Waals surface area contributed by atoms with Crippen molar-refractivity contribution in [1.29, 1.82) is 0 Å². The lowest BCUT2D eigenvalue weighted by atomic mass is 9.96. The first-order valence-corrected chi connectivity index (χ1v) is 11.3. The van der Waals surface area contributed by atoms with Crippen molar-refractivity contribution in [1.82, 2.24) is 25.6 Å². The number of para-hydroxylation sites is 1. The molecule has 2 heterocycles. The Morgan fingerprint density at radius 3 is 2.56 bits per heavy atom. The van der Waals surface area contributed by atoms with Gasteiger partial charge in [-0.15, -0.1) is 5.10 Å². The molecule has 0 bridgehead atoms. The summed E-state index contributed by atoms with van der Waals surface area (Å²) in [6.07, 6.45) is 1.73. The third-order valence-corrected chi connectivity index (χ3v) is 5.71. The molecule has 2 aromatic heterocycles. The number of aromatic nitrogens is 5. The molecule has 7 heteroatoms. The number of ether oxygens (including phenoxy) is 2. The van der Waals surface area contributed by atoms with Crippen LogP contribution in [0.1, 0.15) is 36.3 Å². The normalized spacial score (nSPS) is 11.9. The molecule has 34 heavy (non-hydrogen) atoms. The molecule has 0 aliphatic heterocycles. The third-order valence-electron chi connectivity index (χ3n) is 5.71. The molecule has 0 saturated heterocycles. The highest BCUT2D eigenvalue weighted by Gasteiger charge is 2.10. The number of fused-ring (bicyclic) bond motifs is 1. The van der Waals surface area contributed by atoms with E-state index in [4.69, 9.17) is 9.47 Å². The summed E-state index contributed by atoms with van der Waals surface area (Å²) in [5.74, 6) is 3.39. The van der Waals surface area contributed by atoms with Gasteiger partial charge in [-0.3, -0.25) is 0 Å². The van der Waals surface area contributed by atoms with Crippen LogP contribution in [0, 0.1) is 0 Å². The lowest BCUT2D eigenvalue weighted by molar-refractivity contribution is 0.300. The Hall–Kier alpha value is -4.26. The van der Waals surface area contributed by atoms with Gasteiger partial charge in [-0.25, -0.2) is 10.1 Å². The Balaban J connectivity index is 1.21. The molecule has 170 valence electrons. The van der Waals surface area contributed by atoms with Crippen LogP contribution in [0.15, 0.2) is 84.9 Å². The molecule has 5 rings (SSSR count). The van der Waals surface area contributed by atoms with Gasteiger partial charge in [0.15, 0.2) is 0 Å². The standard InChI is InChI=1S/C27H25N5O2/c1-19(12-15-27-29-31-32-30-27)21-7-4-9-24(16-21)34-25-10-5-8-23(17-25)33-18-22-14-13-20-6-2-3-11-26(20)28-22/h2-11,13-14,16-17,19H,12,15,18H2,1H3,(H,29,30,31,32). The Kier molecular flexibility index (Phi) is 6.42. The summed E-state index contributed by atoms with van der Waals surface area (Å²) in [5.41, 5.74) is 3.06. The summed E-state index contributed by atoms with van der Waals surface area (Å²) in [4.78, 5) is 4.67. The largest absolute Gasteiger partial charge is 0.487 e. The monoisotopic (exact) mass is 451 g/mol. The number of nitrogens with one attached hydrogen (secondary N) is 1. The van der Waals surface area contributed by atoms with Crippen LogP contribution in [0.4, 0.5) is 0 Å². The van der Waals surface area contributed by atoms with E-state index in [9.17, 15) is 0 Å². The number of H-pyrrole nitrogens is 1. The first-order chi connectivity index (χ1) is 16.7. The first kappa shape index (κ1) is 21.6. The molecule has 1 N–H and O–H groups in total. The zero-order valence-corrected chi connectivity index (χ0v) is 18.9. The minimum atomic E-state index is 0.345. The summed E-state index contributed by atoms with van der Waals surface area (Å²) in [6.45, 7) is 2.58. The van der Waals surface area contributed by atoms with E-state index in [2.05, 4.69) is 56.8 Å². The van der Waals surface area contributed by atoms with E-state index in [1.807, 2.05) is 60.7 Å². The quantitative estimate of drug-likeness (QED) is 0.302. The number of pyridine rings is 1. The lowest BCUT2D eigenvalue weighted by Gasteiger charge is -2.13. The molecule has 0 radical (unpaired) electrons. The molecule has 0 aliphatic carbocycles. The van der Waals surface area contributed by atoms with Gasteiger partial charge in [0.2, 0.25) is 0 Å². The molecule has 1 unspecified atom stereocenters. The minimum absolute atomic E-state index is 0.345. The summed E-state index contributed by atoms with van der Waals surface area (Å²) >= 11 is 0. The molecular weight excluding hydrogens is 426 g/mol. The Morgan fingerprint density at radius 2 is 1.68 bits per heavy atom. The van der Waals surface area contributed by atoms with E-state index < -0.39 is 0 Å². The molecule has 7 nitrogen and oxygen atoms in total. The average molecular weight is 452 g/mol. The van der Waals surface area contributed by atoms with Crippen molar-refractivity contribution in [3.63, 3.8) is 0 Å². The predicted molar refractivity (Wildman–Crippen MR) is 130 cm³/mol. The second kappa shape index (κ2) is 10.1. The molecule has 0 fully saturated rings. The Labute approximate surface area is 197 Å². The van der Waals surface area contributed by atoms with Crippen molar-refractivity contribution in [2.75, 3.05) is 0 Å². The van der Waals surface area contributed by atoms with E-state index in [1.165, 1.54) is 5.56 Å². The van der Waals surface area contributed by atoms with Gasteiger partial charge < -0.3 is 9.47 Å². The van der Waals surface area contributed by atoms with Gasteiger partial charge in [-0.2, -0.15) is 0 Å². The van der Waals surface area contributed by atoms with E-state index in [0.717, 1.165) is 52.5 Å². The van der Waals surface area contributed by atoms with Crippen LogP contribution in [0.2, 0.25) is 0 Å². The smallest absolute Gasteiger partial charge is 0.148 e. The van der Waals surface area contributed by atoms with Crippen molar-refractivity contribution >= 4 is 10.9 Å². The Morgan fingerprint density at radius 1 is 0.853 bits per heavy atom. The highest BCUT2D eigenvalue weighted by molar-refractivity contribution is 5.78. The van der Waals surface area contributed by atoms with Crippen LogP contribution in [0.5, 0.6) is 17.2 Å². The van der Waals surface area contributed by atoms with Gasteiger partial charge in [0.1, 0.15) is 29.7 Å². The predicted octanol–water partition coefficient (Wildman–Crippen LogP) is 5.86. The number of nitrogens with zero attached hydrogens (tertiary/aromatic N) is 4. The fourth-order valence-electron chi connectivity index (χ4n) is 3.80. The number of aryl methyl sites for hydroxylation is 1. The topological polar surface area (TPSA) is 85.8 Å². The fourth-order valence-corrected chi connectivity index (χ4v) is 3.80. The van der Waals surface area contributed by atoms with Crippen LogP contribution >= 0.6 is 0 Å².